The van der Waals surface area contributed by atoms with Crippen LogP contribution in [0.1, 0.15) is 30.2 Å². The van der Waals surface area contributed by atoms with E-state index in [1.54, 1.807) is 25.1 Å². The van der Waals surface area contributed by atoms with Crippen LogP contribution in [0, 0.1) is 6.92 Å². The Hall–Kier alpha value is -2.54. The van der Waals surface area contributed by atoms with Crippen molar-refractivity contribution in [3.05, 3.63) is 34.7 Å². The van der Waals surface area contributed by atoms with Crippen LogP contribution in [0.3, 0.4) is 0 Å². The first kappa shape index (κ1) is 18.8. The maximum Gasteiger partial charge on any atom is 0.274 e. The number of aromatic nitrogens is 2. The summed E-state index contributed by atoms with van der Waals surface area (Å²) in [5.41, 5.74) is 0.676. The second-order valence-corrected chi connectivity index (χ2v) is 6.03. The number of amides is 1. The quantitative estimate of drug-likeness (QED) is 0.815. The average molecular weight is 365 g/mol. The monoisotopic (exact) mass is 364 g/mol. The molecule has 0 aliphatic carbocycles. The second-order valence-electron chi connectivity index (χ2n) is 5.63. The molecule has 0 spiro atoms. The predicted molar refractivity (Wildman–Crippen MR) is 98.0 cm³/mol. The molecule has 1 aromatic heterocycles. The lowest BCUT2D eigenvalue weighted by molar-refractivity contribution is 0.102. The first-order valence-corrected chi connectivity index (χ1v) is 8.07. The molecular weight excluding hydrogens is 344 g/mol. The highest BCUT2D eigenvalue weighted by Crippen LogP contribution is 2.36. The number of nitrogens with zero attached hydrogens (tertiary/aromatic N) is 2. The Balaban J connectivity index is 2.32. The molecule has 0 bridgehead atoms. The van der Waals surface area contributed by atoms with E-state index in [9.17, 15) is 4.79 Å². The normalized spacial score (nSPS) is 10.5. The Morgan fingerprint density at radius 3 is 2.40 bits per heavy atom. The minimum Gasteiger partial charge on any atom is -0.495 e. The number of nitrogens with one attached hydrogen (secondary N) is 2. The highest BCUT2D eigenvalue weighted by atomic mass is 35.5. The fourth-order valence-electron chi connectivity index (χ4n) is 2.20. The molecule has 0 unspecified atom stereocenters. The number of methoxy groups -OCH3 is 2. The van der Waals surface area contributed by atoms with Crippen LogP contribution < -0.4 is 20.1 Å². The van der Waals surface area contributed by atoms with Crippen molar-refractivity contribution in [2.75, 3.05) is 24.9 Å². The molecule has 0 saturated carbocycles. The maximum atomic E-state index is 12.6. The van der Waals surface area contributed by atoms with Gasteiger partial charge in [0, 0.05) is 24.2 Å². The van der Waals surface area contributed by atoms with Crippen LogP contribution in [-0.4, -0.2) is 36.1 Å². The number of halogens is 1. The van der Waals surface area contributed by atoms with Crippen molar-refractivity contribution < 1.29 is 14.3 Å². The summed E-state index contributed by atoms with van der Waals surface area (Å²) in [5, 5.41) is 6.31. The van der Waals surface area contributed by atoms with Crippen LogP contribution in [0.4, 0.5) is 11.5 Å². The molecule has 1 amide bonds. The van der Waals surface area contributed by atoms with Crippen LogP contribution in [0.25, 0.3) is 0 Å². The van der Waals surface area contributed by atoms with Gasteiger partial charge in [-0.1, -0.05) is 11.6 Å². The average Bonchev–Trinajstić information content (AvgIpc) is 2.54. The van der Waals surface area contributed by atoms with E-state index in [-0.39, 0.29) is 17.6 Å². The number of ether oxygens (including phenoxy) is 2. The molecule has 0 aliphatic rings. The number of hydrogen-bond donors (Lipinski definition) is 2. The topological polar surface area (TPSA) is 85.4 Å². The molecule has 1 aromatic carbocycles. The van der Waals surface area contributed by atoms with E-state index < -0.39 is 0 Å². The van der Waals surface area contributed by atoms with Crippen molar-refractivity contribution in [3.8, 4) is 11.5 Å². The van der Waals surface area contributed by atoms with Crippen molar-refractivity contribution in [3.63, 3.8) is 0 Å². The molecule has 2 rings (SSSR count). The Kier molecular flexibility index (Phi) is 6.03. The van der Waals surface area contributed by atoms with Gasteiger partial charge in [-0.2, -0.15) is 0 Å². The number of hydrogen-bond acceptors (Lipinski definition) is 6. The lowest BCUT2D eigenvalue weighted by atomic mass is 10.2. The van der Waals surface area contributed by atoms with Gasteiger partial charge in [0.1, 0.15) is 28.8 Å². The third kappa shape index (κ3) is 4.73. The largest absolute Gasteiger partial charge is 0.495 e. The summed E-state index contributed by atoms with van der Waals surface area (Å²) < 4.78 is 10.4. The number of rotatable bonds is 6. The SMILES string of the molecule is COc1cc(NC(=O)c2cc(NC(C)C)nc(C)n2)c(OC)cc1Cl. The van der Waals surface area contributed by atoms with Gasteiger partial charge in [-0.15, -0.1) is 0 Å². The van der Waals surface area contributed by atoms with E-state index >= 15 is 0 Å². The summed E-state index contributed by atoms with van der Waals surface area (Å²) in [4.78, 5) is 21.1. The van der Waals surface area contributed by atoms with E-state index in [0.29, 0.717) is 33.9 Å². The van der Waals surface area contributed by atoms with Gasteiger partial charge < -0.3 is 20.1 Å². The van der Waals surface area contributed by atoms with Crippen molar-refractivity contribution in [1.29, 1.82) is 0 Å². The van der Waals surface area contributed by atoms with Crippen molar-refractivity contribution in [1.82, 2.24) is 9.97 Å². The Bertz CT molecular complexity index is 781. The van der Waals surface area contributed by atoms with Crippen molar-refractivity contribution in [2.45, 2.75) is 26.8 Å². The van der Waals surface area contributed by atoms with E-state index in [1.165, 1.54) is 14.2 Å². The number of benzene rings is 1. The zero-order valence-corrected chi connectivity index (χ0v) is 15.6. The summed E-state index contributed by atoms with van der Waals surface area (Å²) in [5.74, 6) is 1.55. The molecule has 0 saturated heterocycles. The fourth-order valence-corrected chi connectivity index (χ4v) is 2.43. The van der Waals surface area contributed by atoms with E-state index in [2.05, 4.69) is 20.6 Å². The first-order chi connectivity index (χ1) is 11.8. The summed E-state index contributed by atoms with van der Waals surface area (Å²) >= 11 is 6.08. The van der Waals surface area contributed by atoms with Crippen LogP contribution >= 0.6 is 11.6 Å². The molecule has 0 atom stereocenters. The highest BCUT2D eigenvalue weighted by molar-refractivity contribution is 6.32. The molecule has 7 nitrogen and oxygen atoms in total. The summed E-state index contributed by atoms with van der Waals surface area (Å²) in [7, 11) is 2.99. The highest BCUT2D eigenvalue weighted by Gasteiger charge is 2.16. The van der Waals surface area contributed by atoms with Gasteiger partial charge in [0.15, 0.2) is 0 Å². The summed E-state index contributed by atoms with van der Waals surface area (Å²) in [6, 6.07) is 4.96. The molecule has 1 heterocycles. The smallest absolute Gasteiger partial charge is 0.274 e. The number of aryl methyl sites for hydroxylation is 1. The minimum atomic E-state index is -0.389. The Morgan fingerprint density at radius 2 is 1.80 bits per heavy atom. The van der Waals surface area contributed by atoms with Crippen LogP contribution in [0.15, 0.2) is 18.2 Å². The lowest BCUT2D eigenvalue weighted by Gasteiger charge is -2.14. The maximum absolute atomic E-state index is 12.6. The molecule has 0 fully saturated rings. The molecule has 25 heavy (non-hydrogen) atoms. The Labute approximate surface area is 151 Å². The first-order valence-electron chi connectivity index (χ1n) is 7.69. The summed E-state index contributed by atoms with van der Waals surface area (Å²) in [6.45, 7) is 5.71. The zero-order valence-electron chi connectivity index (χ0n) is 14.8. The third-order valence-corrected chi connectivity index (χ3v) is 3.52. The van der Waals surface area contributed by atoms with Gasteiger partial charge in [-0.25, -0.2) is 9.97 Å². The van der Waals surface area contributed by atoms with Gasteiger partial charge in [0.25, 0.3) is 5.91 Å². The van der Waals surface area contributed by atoms with Crippen LogP contribution in [-0.2, 0) is 0 Å². The molecular formula is C17H21ClN4O3. The molecule has 2 aromatic rings. The van der Waals surface area contributed by atoms with Crippen LogP contribution in [0.5, 0.6) is 11.5 Å². The van der Waals surface area contributed by atoms with E-state index in [4.69, 9.17) is 21.1 Å². The van der Waals surface area contributed by atoms with Crippen molar-refractivity contribution in [2.24, 2.45) is 0 Å². The Morgan fingerprint density at radius 1 is 1.12 bits per heavy atom. The number of carbonyl (C=O) groups excluding carboxylic acids is 1. The molecule has 134 valence electrons. The zero-order chi connectivity index (χ0) is 18.6. The van der Waals surface area contributed by atoms with Gasteiger partial charge in [-0.05, 0) is 20.8 Å². The molecule has 0 radical (unpaired) electrons. The fraction of sp³-hybridized carbons (Fsp3) is 0.353. The van der Waals surface area contributed by atoms with Gasteiger partial charge in [0.05, 0.1) is 24.9 Å². The van der Waals surface area contributed by atoms with Crippen LogP contribution in [0.2, 0.25) is 5.02 Å². The van der Waals surface area contributed by atoms with E-state index in [1.807, 2.05) is 13.8 Å². The predicted octanol–water partition coefficient (Wildman–Crippen LogP) is 3.53. The van der Waals surface area contributed by atoms with E-state index in [0.717, 1.165) is 0 Å². The van der Waals surface area contributed by atoms with Gasteiger partial charge in [-0.3, -0.25) is 4.79 Å². The molecule has 2 N–H and O–H groups in total. The minimum absolute atomic E-state index is 0.186. The lowest BCUT2D eigenvalue weighted by Crippen LogP contribution is -2.18. The van der Waals surface area contributed by atoms with Crippen molar-refractivity contribution >= 4 is 29.0 Å². The number of carbonyl (C=O) groups is 1. The standard InChI is InChI=1S/C17H21ClN4O3/c1-9(2)19-16-8-13(20-10(3)21-16)17(23)22-12-7-14(24-4)11(18)6-15(12)25-5/h6-9H,1-5H3,(H,22,23)(H,19,20,21). The molecule has 0 aliphatic heterocycles. The molecule has 8 heteroatoms. The van der Waals surface area contributed by atoms with Gasteiger partial charge >= 0.3 is 0 Å². The second kappa shape index (κ2) is 8.02. The third-order valence-electron chi connectivity index (χ3n) is 3.23. The van der Waals surface area contributed by atoms with Gasteiger partial charge in [0.2, 0.25) is 0 Å². The number of anilines is 2. The summed E-state index contributed by atoms with van der Waals surface area (Å²) in [6.07, 6.45) is 0.